The molecule has 5 aromatic heterocycles. The number of hydrogen-bond donors (Lipinski definition) is 1. The minimum Gasteiger partial charge on any atom is -0.389 e. The number of hydrogen-bond acceptors (Lipinski definition) is 12. The molecular formula is C36H44N12O2S. The van der Waals surface area contributed by atoms with Gasteiger partial charge >= 0.3 is 0 Å². The lowest BCUT2D eigenvalue weighted by Crippen LogP contribution is -2.29. The smallest absolute Gasteiger partial charge is 0.273 e. The molecule has 2 aliphatic heterocycles. The highest BCUT2D eigenvalue weighted by Gasteiger charge is 2.36. The summed E-state index contributed by atoms with van der Waals surface area (Å²) in [5.41, 5.74) is 11.7. The first kappa shape index (κ1) is 33.3. The van der Waals surface area contributed by atoms with Crippen molar-refractivity contribution in [1.29, 1.82) is 5.26 Å². The van der Waals surface area contributed by atoms with Crippen molar-refractivity contribution in [1.82, 2.24) is 44.5 Å². The molecule has 3 aliphatic rings. The van der Waals surface area contributed by atoms with Gasteiger partial charge in [-0.3, -0.25) is 9.48 Å². The van der Waals surface area contributed by atoms with Gasteiger partial charge in [0, 0.05) is 49.6 Å². The first-order valence-corrected chi connectivity index (χ1v) is 18.8. The number of aryl methyl sites for hydroxylation is 2. The summed E-state index contributed by atoms with van der Waals surface area (Å²) in [7, 11) is 5.66. The molecule has 0 saturated carbocycles. The maximum atomic E-state index is 12.8. The lowest BCUT2D eigenvalue weighted by Gasteiger charge is -2.23. The average Bonchev–Trinajstić information content (AvgIpc) is 3.95. The van der Waals surface area contributed by atoms with E-state index >= 15 is 0 Å². The number of aromatic nitrogens is 7. The predicted octanol–water partition coefficient (Wildman–Crippen LogP) is 4.82. The number of amides is 1. The molecule has 1 saturated heterocycles. The van der Waals surface area contributed by atoms with Crippen molar-refractivity contribution in [3.63, 3.8) is 0 Å². The number of nitrogens with zero attached hydrogens (tertiary/aromatic N) is 11. The molecule has 1 aliphatic carbocycles. The van der Waals surface area contributed by atoms with Crippen LogP contribution in [-0.2, 0) is 32.5 Å². The summed E-state index contributed by atoms with van der Waals surface area (Å²) >= 11 is 1.52. The minimum absolute atomic E-state index is 0.101. The van der Waals surface area contributed by atoms with Crippen molar-refractivity contribution in [2.45, 2.75) is 89.9 Å². The lowest BCUT2D eigenvalue weighted by molar-refractivity contribution is 0.0821. The maximum absolute atomic E-state index is 12.8. The molecule has 1 amide bonds. The number of likely N-dealkylation sites (N-methyl/N-ethyl adjacent to an activating group) is 1. The second-order valence-electron chi connectivity index (χ2n) is 14.3. The molecule has 0 aromatic carbocycles. The number of rotatable bonds is 8. The van der Waals surface area contributed by atoms with Crippen LogP contribution in [0.1, 0.15) is 94.9 Å². The molecule has 5 aromatic rings. The molecule has 0 bridgehead atoms. The number of carbonyl (C=O) groups is 1. The van der Waals surface area contributed by atoms with E-state index in [-0.39, 0.29) is 11.8 Å². The van der Waals surface area contributed by atoms with Gasteiger partial charge in [-0.15, -0.1) is 11.3 Å². The first-order chi connectivity index (χ1) is 24.7. The van der Waals surface area contributed by atoms with Crippen LogP contribution in [0.25, 0.3) is 22.6 Å². The predicted molar refractivity (Wildman–Crippen MR) is 195 cm³/mol. The quantitative estimate of drug-likeness (QED) is 0.235. The van der Waals surface area contributed by atoms with Crippen LogP contribution in [-0.4, -0.2) is 90.7 Å². The number of fused-ring (bicyclic) bond motifs is 3. The maximum Gasteiger partial charge on any atom is 0.273 e. The van der Waals surface area contributed by atoms with E-state index in [1.807, 2.05) is 21.6 Å². The standard InChI is InChI=1S/C36H44N12O2S/c1-5-9-28-29(25(17-37)32(38)51-28)23-11-6-12-24-30(43-50-31(23)24)33-40-34(26-18-39-48(35(26)41-33)20-21-10-7-13-45(21)4)46-14-8-15-47-22(19-46)16-27(42-47)36(49)44(2)3/h16,18,21,23H,5-15,19-20,38H2,1-4H3. The number of nitrogens with two attached hydrogens (primary N) is 1. The van der Waals surface area contributed by atoms with Crippen molar-refractivity contribution in [2.24, 2.45) is 0 Å². The van der Waals surface area contributed by atoms with Crippen LogP contribution < -0.4 is 10.6 Å². The van der Waals surface area contributed by atoms with Crippen LogP contribution in [0.3, 0.4) is 0 Å². The van der Waals surface area contributed by atoms with Gasteiger partial charge in [0.25, 0.3) is 5.91 Å². The minimum atomic E-state index is -0.116. The summed E-state index contributed by atoms with van der Waals surface area (Å²) in [5.74, 6) is 1.85. The van der Waals surface area contributed by atoms with E-state index in [4.69, 9.17) is 25.3 Å². The van der Waals surface area contributed by atoms with Crippen molar-refractivity contribution < 1.29 is 9.32 Å². The van der Waals surface area contributed by atoms with Crippen LogP contribution >= 0.6 is 11.3 Å². The Bertz CT molecular complexity index is 2150. The molecule has 15 heteroatoms. The summed E-state index contributed by atoms with van der Waals surface area (Å²) < 4.78 is 10.2. The summed E-state index contributed by atoms with van der Waals surface area (Å²) in [6, 6.07) is 4.66. The largest absolute Gasteiger partial charge is 0.389 e. The third kappa shape index (κ3) is 5.84. The fourth-order valence-corrected chi connectivity index (χ4v) is 9.30. The molecule has 51 heavy (non-hydrogen) atoms. The molecule has 1 fully saturated rings. The van der Waals surface area contributed by atoms with E-state index in [2.05, 4.69) is 40.1 Å². The van der Waals surface area contributed by atoms with E-state index in [1.54, 1.807) is 19.0 Å². The zero-order valence-electron chi connectivity index (χ0n) is 29.7. The van der Waals surface area contributed by atoms with Crippen LogP contribution in [0.15, 0.2) is 16.8 Å². The molecule has 2 unspecified atom stereocenters. The Labute approximate surface area is 300 Å². The number of nitrogen functional groups attached to an aromatic ring is 1. The van der Waals surface area contributed by atoms with Gasteiger partial charge in [-0.25, -0.2) is 14.6 Å². The van der Waals surface area contributed by atoms with Crippen LogP contribution in [0.4, 0.5) is 10.8 Å². The van der Waals surface area contributed by atoms with Gasteiger partial charge in [0.05, 0.1) is 35.9 Å². The Hall–Kier alpha value is -4.81. The van der Waals surface area contributed by atoms with E-state index < -0.39 is 0 Å². The summed E-state index contributed by atoms with van der Waals surface area (Å²) in [6.45, 7) is 5.94. The second kappa shape index (κ2) is 13.4. The van der Waals surface area contributed by atoms with Gasteiger partial charge in [-0.2, -0.15) is 15.5 Å². The Morgan fingerprint density at radius 3 is 2.80 bits per heavy atom. The SMILES string of the molecule is CCCc1sc(N)c(C#N)c1C1CCCc2c(-c3nc(N4CCCn5nc(C(=O)N(C)C)cc5C4)c4cnn(CC5CCCN5C)c4n3)noc21. The summed E-state index contributed by atoms with van der Waals surface area (Å²) in [5, 5.41) is 25.8. The lowest BCUT2D eigenvalue weighted by atomic mass is 9.81. The van der Waals surface area contributed by atoms with E-state index in [0.717, 1.165) is 109 Å². The van der Waals surface area contributed by atoms with E-state index in [0.29, 0.717) is 46.9 Å². The van der Waals surface area contributed by atoms with E-state index in [9.17, 15) is 10.1 Å². The highest BCUT2D eigenvalue weighted by Crippen LogP contribution is 2.46. The Morgan fingerprint density at radius 2 is 2.04 bits per heavy atom. The average molecular weight is 709 g/mol. The fourth-order valence-electron chi connectivity index (χ4n) is 8.12. The van der Waals surface area contributed by atoms with Crippen molar-refractivity contribution >= 4 is 39.1 Å². The molecule has 7 heterocycles. The molecule has 2 atom stereocenters. The normalized spacial score (nSPS) is 19.2. The van der Waals surface area contributed by atoms with Gasteiger partial charge in [0.15, 0.2) is 22.9 Å². The fraction of sp³-hybridized carbons (Fsp3) is 0.528. The highest BCUT2D eigenvalue weighted by atomic mass is 32.1. The summed E-state index contributed by atoms with van der Waals surface area (Å²) in [6.07, 6.45) is 9.39. The van der Waals surface area contributed by atoms with Gasteiger partial charge in [0.2, 0.25) is 0 Å². The van der Waals surface area contributed by atoms with Crippen LogP contribution in [0.5, 0.6) is 0 Å². The van der Waals surface area contributed by atoms with Crippen molar-refractivity contribution in [3.05, 3.63) is 51.0 Å². The Kier molecular flexibility index (Phi) is 8.75. The zero-order valence-corrected chi connectivity index (χ0v) is 30.5. The third-order valence-electron chi connectivity index (χ3n) is 10.7. The first-order valence-electron chi connectivity index (χ1n) is 18.0. The van der Waals surface area contributed by atoms with Gasteiger partial charge in [-0.1, -0.05) is 18.5 Å². The zero-order chi connectivity index (χ0) is 35.4. The van der Waals surface area contributed by atoms with Gasteiger partial charge in [0.1, 0.15) is 22.6 Å². The number of nitriles is 1. The molecule has 14 nitrogen and oxygen atoms in total. The number of likely N-dealkylation sites (tertiary alicyclic amines) is 1. The number of carbonyl (C=O) groups excluding carboxylic acids is 1. The molecule has 266 valence electrons. The van der Waals surface area contributed by atoms with E-state index in [1.165, 1.54) is 17.8 Å². The Balaban J connectivity index is 1.23. The number of thiophene rings is 1. The van der Waals surface area contributed by atoms with Gasteiger partial charge in [-0.05, 0) is 70.2 Å². The summed E-state index contributed by atoms with van der Waals surface area (Å²) in [4.78, 5) is 30.6. The van der Waals surface area contributed by atoms with Crippen molar-refractivity contribution in [2.75, 3.05) is 44.9 Å². The molecule has 2 N–H and O–H groups in total. The highest BCUT2D eigenvalue weighted by molar-refractivity contribution is 7.16. The molecular weight excluding hydrogens is 665 g/mol. The third-order valence-corrected chi connectivity index (χ3v) is 11.8. The van der Waals surface area contributed by atoms with Crippen molar-refractivity contribution in [3.8, 4) is 17.6 Å². The van der Waals surface area contributed by atoms with Crippen LogP contribution in [0, 0.1) is 11.3 Å². The molecule has 0 radical (unpaired) electrons. The monoisotopic (exact) mass is 708 g/mol. The number of anilines is 2. The Morgan fingerprint density at radius 1 is 1.18 bits per heavy atom. The van der Waals surface area contributed by atoms with Crippen LogP contribution in [0.2, 0.25) is 0 Å². The molecule has 8 rings (SSSR count). The second-order valence-corrected chi connectivity index (χ2v) is 15.4. The molecule has 0 spiro atoms. The van der Waals surface area contributed by atoms with Gasteiger partial charge < -0.3 is 25.0 Å². The topological polar surface area (TPSA) is 164 Å².